The summed E-state index contributed by atoms with van der Waals surface area (Å²) in [6, 6.07) is 14.7. The van der Waals surface area contributed by atoms with Crippen molar-refractivity contribution in [2.75, 3.05) is 0 Å². The second kappa shape index (κ2) is 5.20. The molecule has 1 aliphatic rings. The van der Waals surface area contributed by atoms with Gasteiger partial charge in [-0.2, -0.15) is 0 Å². The van der Waals surface area contributed by atoms with Crippen LogP contribution in [0, 0.1) is 0 Å². The number of aromatic nitrogens is 1. The van der Waals surface area contributed by atoms with Crippen LogP contribution in [0.15, 0.2) is 59.5 Å². The predicted octanol–water partition coefficient (Wildman–Crippen LogP) is 2.60. The van der Waals surface area contributed by atoms with E-state index in [-0.39, 0.29) is 11.5 Å². The fourth-order valence-corrected chi connectivity index (χ4v) is 3.33. The van der Waals surface area contributed by atoms with Crippen LogP contribution in [0.25, 0.3) is 0 Å². The molecule has 4 nitrogen and oxygen atoms in total. The number of benzene rings is 1. The van der Waals surface area contributed by atoms with Crippen LogP contribution in [0.3, 0.4) is 0 Å². The van der Waals surface area contributed by atoms with Gasteiger partial charge in [0.2, 0.25) is 0 Å². The molecule has 2 atom stereocenters. The highest BCUT2D eigenvalue weighted by molar-refractivity contribution is 5.77. The van der Waals surface area contributed by atoms with E-state index < -0.39 is 11.5 Å². The Labute approximate surface area is 122 Å². The summed E-state index contributed by atoms with van der Waals surface area (Å²) in [5, 5.41) is 9.75. The summed E-state index contributed by atoms with van der Waals surface area (Å²) in [4.78, 5) is 24.0. The van der Waals surface area contributed by atoms with Gasteiger partial charge in [-0.25, -0.2) is 4.79 Å². The Bertz CT molecular complexity index is 707. The van der Waals surface area contributed by atoms with E-state index in [1.54, 1.807) is 18.3 Å². The van der Waals surface area contributed by atoms with E-state index in [4.69, 9.17) is 0 Å². The van der Waals surface area contributed by atoms with Crippen LogP contribution in [-0.4, -0.2) is 15.6 Å². The van der Waals surface area contributed by atoms with Gasteiger partial charge in [0.1, 0.15) is 5.54 Å². The topological polar surface area (TPSA) is 59.3 Å². The molecule has 1 fully saturated rings. The molecule has 1 saturated carbocycles. The van der Waals surface area contributed by atoms with E-state index in [1.807, 2.05) is 30.3 Å². The number of carbonyl (C=O) groups is 1. The van der Waals surface area contributed by atoms with Crippen molar-refractivity contribution in [3.8, 4) is 0 Å². The van der Waals surface area contributed by atoms with Crippen molar-refractivity contribution in [1.82, 2.24) is 4.57 Å². The highest BCUT2D eigenvalue weighted by atomic mass is 16.4. The molecule has 1 aromatic heterocycles. The van der Waals surface area contributed by atoms with Crippen molar-refractivity contribution in [3.05, 3.63) is 70.6 Å². The lowest BCUT2D eigenvalue weighted by molar-refractivity contribution is -0.147. The van der Waals surface area contributed by atoms with Gasteiger partial charge in [0, 0.05) is 12.3 Å². The number of carboxylic acids is 1. The van der Waals surface area contributed by atoms with Crippen molar-refractivity contribution >= 4 is 5.97 Å². The first-order valence-corrected chi connectivity index (χ1v) is 7.10. The minimum absolute atomic E-state index is 0.175. The predicted molar refractivity (Wildman–Crippen MR) is 79.3 cm³/mol. The zero-order valence-electron chi connectivity index (χ0n) is 11.6. The number of rotatable bonds is 3. The number of pyridine rings is 1. The average molecular weight is 283 g/mol. The number of carboxylic acid groups (broad SMARTS) is 1. The molecule has 1 heterocycles. The molecule has 108 valence electrons. The Morgan fingerprint density at radius 2 is 1.86 bits per heavy atom. The van der Waals surface area contributed by atoms with E-state index in [1.165, 1.54) is 10.6 Å². The Morgan fingerprint density at radius 1 is 1.14 bits per heavy atom. The van der Waals surface area contributed by atoms with Gasteiger partial charge in [-0.05, 0) is 36.8 Å². The highest BCUT2D eigenvalue weighted by Gasteiger charge is 2.47. The van der Waals surface area contributed by atoms with Gasteiger partial charge >= 0.3 is 5.97 Å². The minimum atomic E-state index is -1.13. The van der Waals surface area contributed by atoms with Crippen molar-refractivity contribution in [3.63, 3.8) is 0 Å². The van der Waals surface area contributed by atoms with Crippen molar-refractivity contribution in [1.29, 1.82) is 0 Å². The molecule has 0 saturated heterocycles. The first kappa shape index (κ1) is 13.6. The summed E-state index contributed by atoms with van der Waals surface area (Å²) in [6.45, 7) is 0. The number of hydrogen-bond acceptors (Lipinski definition) is 2. The largest absolute Gasteiger partial charge is 0.479 e. The van der Waals surface area contributed by atoms with E-state index in [9.17, 15) is 14.7 Å². The lowest BCUT2D eigenvalue weighted by Crippen LogP contribution is -2.45. The second-order valence-corrected chi connectivity index (χ2v) is 5.60. The molecule has 4 heteroatoms. The van der Waals surface area contributed by atoms with E-state index in [2.05, 4.69) is 0 Å². The quantitative estimate of drug-likeness (QED) is 0.942. The van der Waals surface area contributed by atoms with Crippen LogP contribution in [0.2, 0.25) is 0 Å². The van der Waals surface area contributed by atoms with Crippen LogP contribution in [0.1, 0.15) is 30.7 Å². The van der Waals surface area contributed by atoms with Crippen molar-refractivity contribution < 1.29 is 9.90 Å². The van der Waals surface area contributed by atoms with Gasteiger partial charge in [0.05, 0.1) is 0 Å². The van der Waals surface area contributed by atoms with E-state index >= 15 is 0 Å². The smallest absolute Gasteiger partial charge is 0.330 e. The Morgan fingerprint density at radius 3 is 2.52 bits per heavy atom. The molecule has 2 unspecified atom stereocenters. The molecule has 0 radical (unpaired) electrons. The maximum Gasteiger partial charge on any atom is 0.330 e. The third kappa shape index (κ3) is 2.27. The third-order valence-corrected chi connectivity index (χ3v) is 4.44. The molecule has 0 bridgehead atoms. The summed E-state index contributed by atoms with van der Waals surface area (Å²) >= 11 is 0. The van der Waals surface area contributed by atoms with Crippen LogP contribution in [0.4, 0.5) is 0 Å². The molecular weight excluding hydrogens is 266 g/mol. The standard InChI is InChI=1S/C17H17NO3/c19-15-8-4-5-11-18(15)17(16(20)21)10-9-14(12-17)13-6-2-1-3-7-13/h1-8,11,14H,9-10,12H2,(H,20,21). The highest BCUT2D eigenvalue weighted by Crippen LogP contribution is 2.45. The Balaban J connectivity index is 2.01. The van der Waals surface area contributed by atoms with Gasteiger partial charge in [0.15, 0.2) is 0 Å². The first-order chi connectivity index (χ1) is 10.1. The normalized spacial score (nSPS) is 24.9. The fraction of sp³-hybridized carbons (Fsp3) is 0.294. The number of aliphatic carboxylic acids is 1. The fourth-order valence-electron chi connectivity index (χ4n) is 3.33. The lowest BCUT2D eigenvalue weighted by Gasteiger charge is -2.27. The molecular formula is C17H17NO3. The van der Waals surface area contributed by atoms with E-state index in [0.717, 1.165) is 12.0 Å². The van der Waals surface area contributed by atoms with Crippen LogP contribution >= 0.6 is 0 Å². The average Bonchev–Trinajstić information content (AvgIpc) is 2.95. The third-order valence-electron chi connectivity index (χ3n) is 4.44. The number of hydrogen-bond donors (Lipinski definition) is 1. The first-order valence-electron chi connectivity index (χ1n) is 7.10. The molecule has 1 aliphatic carbocycles. The zero-order chi connectivity index (χ0) is 14.9. The lowest BCUT2D eigenvalue weighted by atomic mass is 9.92. The SMILES string of the molecule is O=C(O)C1(n2ccccc2=O)CCC(c2ccccc2)C1. The molecule has 0 amide bonds. The summed E-state index contributed by atoms with van der Waals surface area (Å²) < 4.78 is 1.39. The van der Waals surface area contributed by atoms with E-state index in [0.29, 0.717) is 12.8 Å². The monoisotopic (exact) mass is 283 g/mol. The minimum Gasteiger partial charge on any atom is -0.479 e. The maximum atomic E-state index is 12.1. The second-order valence-electron chi connectivity index (χ2n) is 5.60. The van der Waals surface area contributed by atoms with Gasteiger partial charge in [-0.3, -0.25) is 9.36 Å². The Kier molecular flexibility index (Phi) is 3.37. The molecule has 0 spiro atoms. The molecule has 0 aliphatic heterocycles. The van der Waals surface area contributed by atoms with Gasteiger partial charge in [0.25, 0.3) is 5.56 Å². The summed E-state index contributed by atoms with van der Waals surface area (Å²) in [6.07, 6.45) is 3.30. The van der Waals surface area contributed by atoms with Crippen molar-refractivity contribution in [2.45, 2.75) is 30.7 Å². The molecule has 21 heavy (non-hydrogen) atoms. The molecule has 2 aromatic rings. The Hall–Kier alpha value is -2.36. The zero-order valence-corrected chi connectivity index (χ0v) is 11.6. The van der Waals surface area contributed by atoms with Crippen LogP contribution in [-0.2, 0) is 10.3 Å². The van der Waals surface area contributed by atoms with Gasteiger partial charge < -0.3 is 5.11 Å². The van der Waals surface area contributed by atoms with Crippen LogP contribution < -0.4 is 5.56 Å². The molecule has 3 rings (SSSR count). The summed E-state index contributed by atoms with van der Waals surface area (Å²) in [5.41, 5.74) is -0.239. The maximum absolute atomic E-state index is 12.1. The molecule has 1 aromatic carbocycles. The van der Waals surface area contributed by atoms with Gasteiger partial charge in [-0.1, -0.05) is 36.4 Å². The van der Waals surface area contributed by atoms with Gasteiger partial charge in [-0.15, -0.1) is 0 Å². The summed E-state index contributed by atoms with van der Waals surface area (Å²) in [5.74, 6) is -0.747. The molecule has 1 N–H and O–H groups in total. The number of nitrogens with zero attached hydrogens (tertiary/aromatic N) is 1. The van der Waals surface area contributed by atoms with Crippen molar-refractivity contribution in [2.24, 2.45) is 0 Å². The van der Waals surface area contributed by atoms with Crippen LogP contribution in [0.5, 0.6) is 0 Å². The summed E-state index contributed by atoms with van der Waals surface area (Å²) in [7, 11) is 0.